The first kappa shape index (κ1) is 16.5. The van der Waals surface area contributed by atoms with Gasteiger partial charge in [0.25, 0.3) is 5.91 Å². The average Bonchev–Trinajstić information content (AvgIpc) is 2.44. The van der Waals surface area contributed by atoms with Crippen LogP contribution in [0.25, 0.3) is 0 Å². The van der Waals surface area contributed by atoms with Crippen molar-refractivity contribution in [1.29, 1.82) is 0 Å². The zero-order chi connectivity index (χ0) is 15.1. The number of benzene rings is 1. The Morgan fingerprint density at radius 2 is 1.90 bits per heavy atom. The molecule has 0 saturated carbocycles. The third-order valence-corrected chi connectivity index (χ3v) is 3.42. The molecule has 1 aromatic carbocycles. The van der Waals surface area contributed by atoms with Gasteiger partial charge in [0.2, 0.25) is 5.91 Å². The number of anilines is 1. The Hall–Kier alpha value is -1.53. The third-order valence-electron chi connectivity index (χ3n) is 2.78. The van der Waals surface area contributed by atoms with Gasteiger partial charge in [-0.1, -0.05) is 0 Å². The quantitative estimate of drug-likeness (QED) is 0.832. The van der Waals surface area contributed by atoms with Gasteiger partial charge in [-0.05, 0) is 42.7 Å². The Morgan fingerprint density at radius 1 is 1.30 bits per heavy atom. The molecule has 0 aliphatic rings. The highest BCUT2D eigenvalue weighted by Gasteiger charge is 2.13. The van der Waals surface area contributed by atoms with E-state index in [0.717, 1.165) is 5.75 Å². The lowest BCUT2D eigenvalue weighted by atomic mass is 10.1. The molecule has 20 heavy (non-hydrogen) atoms. The van der Waals surface area contributed by atoms with Crippen LogP contribution in [0.5, 0.6) is 0 Å². The number of rotatable bonds is 6. The molecule has 0 aliphatic carbocycles. The molecule has 0 unspecified atom stereocenters. The van der Waals surface area contributed by atoms with Crippen molar-refractivity contribution in [1.82, 2.24) is 4.90 Å². The molecule has 1 rings (SSSR count). The van der Waals surface area contributed by atoms with Gasteiger partial charge < -0.3 is 16.0 Å². The zero-order valence-corrected chi connectivity index (χ0v) is 12.9. The Kier molecular flexibility index (Phi) is 6.54. The van der Waals surface area contributed by atoms with Crippen LogP contribution in [0.4, 0.5) is 5.69 Å². The number of amides is 2. The minimum atomic E-state index is -0.509. The lowest BCUT2D eigenvalue weighted by Crippen LogP contribution is -2.36. The van der Waals surface area contributed by atoms with Gasteiger partial charge in [0, 0.05) is 25.3 Å². The van der Waals surface area contributed by atoms with Crippen molar-refractivity contribution in [2.75, 3.05) is 31.4 Å². The highest BCUT2D eigenvalue weighted by atomic mass is 32.2. The van der Waals surface area contributed by atoms with E-state index >= 15 is 0 Å². The predicted octanol–water partition coefficient (Wildman–Crippen LogP) is 1.41. The fourth-order valence-electron chi connectivity index (χ4n) is 1.57. The van der Waals surface area contributed by atoms with E-state index in [4.69, 9.17) is 5.73 Å². The van der Waals surface area contributed by atoms with Crippen molar-refractivity contribution in [3.8, 4) is 0 Å². The standard InChI is InChI=1S/C14H21N3O2S/c1-17(2)14(19)10-4-6-11(7-5-10)16-13(18)12(15)8-9-20-3/h4-7,12H,8-9,15H2,1-3H3,(H,16,18)/t12-/m1/s1. The van der Waals surface area contributed by atoms with E-state index in [-0.39, 0.29) is 11.8 Å². The van der Waals surface area contributed by atoms with Crippen LogP contribution in [0, 0.1) is 0 Å². The summed E-state index contributed by atoms with van der Waals surface area (Å²) < 4.78 is 0. The molecule has 5 nitrogen and oxygen atoms in total. The van der Waals surface area contributed by atoms with Crippen molar-refractivity contribution in [3.63, 3.8) is 0 Å². The highest BCUT2D eigenvalue weighted by Crippen LogP contribution is 2.11. The van der Waals surface area contributed by atoms with Gasteiger partial charge in [-0.25, -0.2) is 0 Å². The van der Waals surface area contributed by atoms with Crippen molar-refractivity contribution >= 4 is 29.3 Å². The van der Waals surface area contributed by atoms with Crippen LogP contribution in [-0.4, -0.2) is 48.9 Å². The van der Waals surface area contributed by atoms with Gasteiger partial charge in [0.1, 0.15) is 0 Å². The Labute approximate surface area is 123 Å². The topological polar surface area (TPSA) is 75.4 Å². The molecule has 0 heterocycles. The van der Waals surface area contributed by atoms with E-state index in [2.05, 4.69) is 5.32 Å². The number of hydrogen-bond donors (Lipinski definition) is 2. The molecular formula is C14H21N3O2S. The van der Waals surface area contributed by atoms with Crippen molar-refractivity contribution in [2.45, 2.75) is 12.5 Å². The van der Waals surface area contributed by atoms with Crippen molar-refractivity contribution < 1.29 is 9.59 Å². The van der Waals surface area contributed by atoms with Gasteiger partial charge in [-0.15, -0.1) is 0 Å². The fourth-order valence-corrected chi connectivity index (χ4v) is 2.05. The average molecular weight is 295 g/mol. The predicted molar refractivity (Wildman–Crippen MR) is 84.1 cm³/mol. The lowest BCUT2D eigenvalue weighted by Gasteiger charge is -2.13. The van der Waals surface area contributed by atoms with E-state index in [1.54, 1.807) is 50.1 Å². The van der Waals surface area contributed by atoms with E-state index in [1.165, 1.54) is 4.90 Å². The van der Waals surface area contributed by atoms with Gasteiger partial charge in [0.15, 0.2) is 0 Å². The first-order chi connectivity index (χ1) is 9.45. The fraction of sp³-hybridized carbons (Fsp3) is 0.429. The molecule has 110 valence electrons. The second-order valence-corrected chi connectivity index (χ2v) is 5.64. The summed E-state index contributed by atoms with van der Waals surface area (Å²) in [5.74, 6) is 0.579. The molecule has 0 radical (unpaired) electrons. The van der Waals surface area contributed by atoms with E-state index in [9.17, 15) is 9.59 Å². The van der Waals surface area contributed by atoms with Gasteiger partial charge >= 0.3 is 0 Å². The van der Waals surface area contributed by atoms with Gasteiger partial charge in [0.05, 0.1) is 6.04 Å². The molecule has 2 amide bonds. The summed E-state index contributed by atoms with van der Waals surface area (Å²) in [7, 11) is 3.39. The summed E-state index contributed by atoms with van der Waals surface area (Å²) in [6, 6.07) is 6.27. The number of nitrogens with two attached hydrogens (primary N) is 1. The Balaban J connectivity index is 2.61. The molecule has 0 saturated heterocycles. The number of carbonyl (C=O) groups excluding carboxylic acids is 2. The number of thioether (sulfide) groups is 1. The van der Waals surface area contributed by atoms with E-state index < -0.39 is 6.04 Å². The van der Waals surface area contributed by atoms with Crippen LogP contribution < -0.4 is 11.1 Å². The molecule has 6 heteroatoms. The number of nitrogens with one attached hydrogen (secondary N) is 1. The zero-order valence-electron chi connectivity index (χ0n) is 12.1. The van der Waals surface area contributed by atoms with Crippen molar-refractivity contribution in [3.05, 3.63) is 29.8 Å². The Bertz CT molecular complexity index is 460. The van der Waals surface area contributed by atoms with Gasteiger partial charge in [-0.2, -0.15) is 11.8 Å². The minimum absolute atomic E-state index is 0.0699. The van der Waals surface area contributed by atoms with Crippen LogP contribution >= 0.6 is 11.8 Å². The molecule has 0 bridgehead atoms. The second-order valence-electron chi connectivity index (χ2n) is 4.65. The highest BCUT2D eigenvalue weighted by molar-refractivity contribution is 7.98. The van der Waals surface area contributed by atoms with Crippen LogP contribution in [-0.2, 0) is 4.79 Å². The van der Waals surface area contributed by atoms with Crippen LogP contribution in [0.15, 0.2) is 24.3 Å². The summed E-state index contributed by atoms with van der Waals surface area (Å²) in [6.07, 6.45) is 2.62. The summed E-state index contributed by atoms with van der Waals surface area (Å²) in [5.41, 5.74) is 7.01. The first-order valence-electron chi connectivity index (χ1n) is 6.32. The van der Waals surface area contributed by atoms with Crippen LogP contribution in [0.2, 0.25) is 0 Å². The van der Waals surface area contributed by atoms with Gasteiger partial charge in [-0.3, -0.25) is 9.59 Å². The summed E-state index contributed by atoms with van der Waals surface area (Å²) in [6.45, 7) is 0. The smallest absolute Gasteiger partial charge is 0.253 e. The maximum absolute atomic E-state index is 11.8. The molecule has 0 aliphatic heterocycles. The number of hydrogen-bond acceptors (Lipinski definition) is 4. The summed E-state index contributed by atoms with van der Waals surface area (Å²) >= 11 is 1.66. The molecule has 0 spiro atoms. The monoisotopic (exact) mass is 295 g/mol. The first-order valence-corrected chi connectivity index (χ1v) is 7.72. The van der Waals surface area contributed by atoms with Crippen molar-refractivity contribution in [2.24, 2.45) is 5.73 Å². The largest absolute Gasteiger partial charge is 0.345 e. The maximum Gasteiger partial charge on any atom is 0.253 e. The number of carbonyl (C=O) groups is 2. The summed E-state index contributed by atoms with van der Waals surface area (Å²) in [4.78, 5) is 25.1. The Morgan fingerprint density at radius 3 is 2.40 bits per heavy atom. The SMILES string of the molecule is CSCC[C@@H](N)C(=O)Nc1ccc(C(=O)N(C)C)cc1. The van der Waals surface area contributed by atoms with Crippen LogP contribution in [0.1, 0.15) is 16.8 Å². The van der Waals surface area contributed by atoms with E-state index in [0.29, 0.717) is 17.7 Å². The minimum Gasteiger partial charge on any atom is -0.345 e. The second kappa shape index (κ2) is 7.91. The molecular weight excluding hydrogens is 274 g/mol. The number of nitrogens with zero attached hydrogens (tertiary/aromatic N) is 1. The normalized spacial score (nSPS) is 11.8. The third kappa shape index (κ3) is 4.86. The molecule has 0 aromatic heterocycles. The molecule has 0 fully saturated rings. The van der Waals surface area contributed by atoms with Crippen LogP contribution in [0.3, 0.4) is 0 Å². The molecule has 1 atom stereocenters. The summed E-state index contributed by atoms with van der Waals surface area (Å²) in [5, 5.41) is 2.75. The maximum atomic E-state index is 11.8. The molecule has 1 aromatic rings. The molecule has 3 N–H and O–H groups in total. The lowest BCUT2D eigenvalue weighted by molar-refractivity contribution is -0.117. The van der Waals surface area contributed by atoms with E-state index in [1.807, 2.05) is 6.26 Å².